The van der Waals surface area contributed by atoms with Gasteiger partial charge in [0.1, 0.15) is 0 Å². The van der Waals surface area contributed by atoms with Gasteiger partial charge in [-0.1, -0.05) is 0 Å². The number of ether oxygens (including phenoxy) is 1. The fraction of sp³-hybridized carbons (Fsp3) is 0.900. The van der Waals surface area contributed by atoms with Gasteiger partial charge < -0.3 is 9.84 Å². The van der Waals surface area contributed by atoms with E-state index in [0.29, 0.717) is 25.1 Å². The second-order valence-electron chi connectivity index (χ2n) is 4.76. The fourth-order valence-electron chi connectivity index (χ4n) is 2.48. The summed E-state index contributed by atoms with van der Waals surface area (Å²) in [6.45, 7) is 3.95. The Hall–Kier alpha value is -1.01. The van der Waals surface area contributed by atoms with Gasteiger partial charge in [-0.25, -0.2) is 0 Å². The third-order valence-electron chi connectivity index (χ3n) is 2.84. The number of tetrazole rings is 1. The SMILES string of the molecule is CC1CC(O)(Cc2nnn(C)n2)CC(C)O1. The van der Waals surface area contributed by atoms with Gasteiger partial charge in [-0.3, -0.25) is 0 Å². The first-order valence-electron chi connectivity index (χ1n) is 5.57. The molecule has 1 aromatic heterocycles. The van der Waals surface area contributed by atoms with Crippen LogP contribution in [-0.4, -0.2) is 43.1 Å². The minimum atomic E-state index is -0.764. The standard InChI is InChI=1S/C10H18N4O2/c1-7-4-10(15,5-8(2)16-7)6-9-11-13-14(3)12-9/h7-8,15H,4-6H2,1-3H3. The van der Waals surface area contributed by atoms with Crippen molar-refractivity contribution in [1.29, 1.82) is 0 Å². The van der Waals surface area contributed by atoms with Crippen molar-refractivity contribution in [2.75, 3.05) is 0 Å². The number of aliphatic hydroxyl groups is 1. The van der Waals surface area contributed by atoms with Crippen LogP contribution >= 0.6 is 0 Å². The normalized spacial score (nSPS) is 35.2. The van der Waals surface area contributed by atoms with E-state index in [4.69, 9.17) is 4.74 Å². The van der Waals surface area contributed by atoms with Crippen LogP contribution in [0.4, 0.5) is 0 Å². The smallest absolute Gasteiger partial charge is 0.177 e. The van der Waals surface area contributed by atoms with Gasteiger partial charge in [-0.15, -0.1) is 10.2 Å². The summed E-state index contributed by atoms with van der Waals surface area (Å²) in [6.07, 6.45) is 1.83. The minimum Gasteiger partial charge on any atom is -0.389 e. The molecule has 1 N–H and O–H groups in total. The predicted octanol–water partition coefficient (Wildman–Crippen LogP) is 0.0711. The van der Waals surface area contributed by atoms with E-state index in [1.807, 2.05) is 13.8 Å². The first-order chi connectivity index (χ1) is 7.47. The van der Waals surface area contributed by atoms with Crippen LogP contribution < -0.4 is 0 Å². The number of hydrogen-bond donors (Lipinski definition) is 1. The zero-order chi connectivity index (χ0) is 11.8. The molecule has 0 aromatic carbocycles. The number of aryl methyl sites for hydroxylation is 1. The lowest BCUT2D eigenvalue weighted by Gasteiger charge is -2.38. The van der Waals surface area contributed by atoms with E-state index in [-0.39, 0.29) is 12.2 Å². The summed E-state index contributed by atoms with van der Waals surface area (Å²) in [4.78, 5) is 1.41. The van der Waals surface area contributed by atoms with Crippen molar-refractivity contribution in [2.45, 2.75) is 50.9 Å². The van der Waals surface area contributed by atoms with E-state index >= 15 is 0 Å². The molecule has 0 spiro atoms. The third-order valence-corrected chi connectivity index (χ3v) is 2.84. The quantitative estimate of drug-likeness (QED) is 0.772. The van der Waals surface area contributed by atoms with Crippen LogP contribution in [0.2, 0.25) is 0 Å². The lowest BCUT2D eigenvalue weighted by Crippen LogP contribution is -2.45. The molecule has 2 rings (SSSR count). The molecular formula is C10H18N4O2. The van der Waals surface area contributed by atoms with Crippen LogP contribution in [0, 0.1) is 0 Å². The Morgan fingerprint density at radius 3 is 2.56 bits per heavy atom. The molecule has 0 radical (unpaired) electrons. The Labute approximate surface area is 94.6 Å². The highest BCUT2D eigenvalue weighted by molar-refractivity contribution is 4.95. The van der Waals surface area contributed by atoms with E-state index in [1.165, 1.54) is 4.80 Å². The maximum atomic E-state index is 10.5. The zero-order valence-corrected chi connectivity index (χ0v) is 9.92. The summed E-state index contributed by atoms with van der Waals surface area (Å²) in [5.74, 6) is 0.589. The largest absolute Gasteiger partial charge is 0.389 e. The van der Waals surface area contributed by atoms with Crippen molar-refractivity contribution < 1.29 is 9.84 Å². The van der Waals surface area contributed by atoms with E-state index in [0.717, 1.165) is 0 Å². The van der Waals surface area contributed by atoms with E-state index in [1.54, 1.807) is 7.05 Å². The molecular weight excluding hydrogens is 208 g/mol. The lowest BCUT2D eigenvalue weighted by molar-refractivity contribution is -0.131. The van der Waals surface area contributed by atoms with Gasteiger partial charge >= 0.3 is 0 Å². The first-order valence-corrected chi connectivity index (χ1v) is 5.57. The molecule has 1 saturated heterocycles. The van der Waals surface area contributed by atoms with Gasteiger partial charge in [0.15, 0.2) is 5.82 Å². The summed E-state index contributed by atoms with van der Waals surface area (Å²) in [5.41, 5.74) is -0.764. The van der Waals surface area contributed by atoms with Gasteiger partial charge in [0.25, 0.3) is 0 Å². The molecule has 0 aliphatic carbocycles. The average Bonchev–Trinajstić information content (AvgIpc) is 2.47. The molecule has 90 valence electrons. The van der Waals surface area contributed by atoms with Crippen molar-refractivity contribution in [1.82, 2.24) is 20.2 Å². The van der Waals surface area contributed by atoms with Gasteiger partial charge in [-0.05, 0) is 19.1 Å². The molecule has 2 atom stereocenters. The predicted molar refractivity (Wildman–Crippen MR) is 56.7 cm³/mol. The number of rotatable bonds is 2. The topological polar surface area (TPSA) is 73.1 Å². The highest BCUT2D eigenvalue weighted by atomic mass is 16.5. The van der Waals surface area contributed by atoms with Crippen LogP contribution in [0.25, 0.3) is 0 Å². The van der Waals surface area contributed by atoms with Crippen molar-refractivity contribution in [2.24, 2.45) is 7.05 Å². The van der Waals surface area contributed by atoms with Gasteiger partial charge in [-0.2, -0.15) is 4.80 Å². The van der Waals surface area contributed by atoms with Crippen molar-refractivity contribution in [3.63, 3.8) is 0 Å². The van der Waals surface area contributed by atoms with Crippen LogP contribution in [0.5, 0.6) is 0 Å². The van der Waals surface area contributed by atoms with Gasteiger partial charge in [0.2, 0.25) is 0 Å². The summed E-state index contributed by atoms with van der Waals surface area (Å²) >= 11 is 0. The fourth-order valence-corrected chi connectivity index (χ4v) is 2.48. The van der Waals surface area contributed by atoms with E-state index < -0.39 is 5.60 Å². The number of hydrogen-bond acceptors (Lipinski definition) is 5. The first kappa shape index (κ1) is 11.5. The molecule has 2 heterocycles. The second-order valence-corrected chi connectivity index (χ2v) is 4.76. The Morgan fingerprint density at radius 1 is 1.44 bits per heavy atom. The molecule has 0 amide bonds. The summed E-state index contributed by atoms with van der Waals surface area (Å²) < 4.78 is 5.60. The van der Waals surface area contributed by atoms with Crippen LogP contribution in [0.1, 0.15) is 32.5 Å². The maximum Gasteiger partial charge on any atom is 0.177 e. The van der Waals surface area contributed by atoms with Crippen LogP contribution in [0.3, 0.4) is 0 Å². The van der Waals surface area contributed by atoms with E-state index in [9.17, 15) is 5.11 Å². The number of aromatic nitrogens is 4. The van der Waals surface area contributed by atoms with Crippen LogP contribution in [0.15, 0.2) is 0 Å². The molecule has 2 unspecified atom stereocenters. The Bertz CT molecular complexity index is 355. The summed E-state index contributed by atoms with van der Waals surface area (Å²) in [7, 11) is 1.72. The molecule has 1 fully saturated rings. The molecule has 6 nitrogen and oxygen atoms in total. The maximum absolute atomic E-state index is 10.5. The molecule has 1 aliphatic rings. The molecule has 0 bridgehead atoms. The molecule has 6 heteroatoms. The molecule has 1 aromatic rings. The lowest BCUT2D eigenvalue weighted by atomic mass is 9.85. The Balaban J connectivity index is 2.07. The molecule has 1 aliphatic heterocycles. The highest BCUT2D eigenvalue weighted by Gasteiger charge is 2.37. The highest BCUT2D eigenvalue weighted by Crippen LogP contribution is 2.30. The van der Waals surface area contributed by atoms with Crippen molar-refractivity contribution in [3.8, 4) is 0 Å². The third kappa shape index (κ3) is 2.56. The summed E-state index contributed by atoms with van der Waals surface area (Å²) in [5, 5.41) is 22.2. The Morgan fingerprint density at radius 2 is 2.06 bits per heavy atom. The van der Waals surface area contributed by atoms with Gasteiger partial charge in [0.05, 0.1) is 24.9 Å². The average molecular weight is 226 g/mol. The monoisotopic (exact) mass is 226 g/mol. The van der Waals surface area contributed by atoms with Crippen molar-refractivity contribution in [3.05, 3.63) is 5.82 Å². The van der Waals surface area contributed by atoms with Crippen LogP contribution in [-0.2, 0) is 18.2 Å². The second kappa shape index (κ2) is 4.10. The summed E-state index contributed by atoms with van der Waals surface area (Å²) in [6, 6.07) is 0. The molecule has 0 saturated carbocycles. The minimum absolute atomic E-state index is 0.0745. The zero-order valence-electron chi connectivity index (χ0n) is 9.92. The van der Waals surface area contributed by atoms with Crippen molar-refractivity contribution >= 4 is 0 Å². The number of nitrogens with zero attached hydrogens (tertiary/aromatic N) is 4. The van der Waals surface area contributed by atoms with Gasteiger partial charge in [0, 0.05) is 19.3 Å². The van der Waals surface area contributed by atoms with E-state index in [2.05, 4.69) is 15.4 Å². The Kier molecular flexibility index (Phi) is 2.94. The molecule has 16 heavy (non-hydrogen) atoms.